The Bertz CT molecular complexity index is 1170. The average molecular weight is 1010 g/mol. The van der Waals surface area contributed by atoms with E-state index in [4.69, 9.17) is 4.74 Å². The van der Waals surface area contributed by atoms with Gasteiger partial charge in [0.2, 0.25) is 5.91 Å². The molecule has 0 fully saturated rings. The van der Waals surface area contributed by atoms with Gasteiger partial charge < -0.3 is 20.3 Å². The second-order valence-electron chi connectivity index (χ2n) is 22.1. The molecule has 0 aliphatic heterocycles. The number of ether oxygens (including phenoxy) is 1. The lowest BCUT2D eigenvalue weighted by atomic mass is 10.0. The first kappa shape index (κ1) is 70.1. The van der Waals surface area contributed by atoms with Gasteiger partial charge in [-0.15, -0.1) is 0 Å². The van der Waals surface area contributed by atoms with Crippen LogP contribution >= 0.6 is 0 Å². The lowest BCUT2D eigenvalue weighted by molar-refractivity contribution is -0.143. The van der Waals surface area contributed by atoms with Crippen LogP contribution in [0, 0.1) is 0 Å². The topological polar surface area (TPSA) is 95.9 Å². The normalized spacial score (nSPS) is 12.8. The molecule has 2 atom stereocenters. The number of carbonyl (C=O) groups is 2. The van der Waals surface area contributed by atoms with Crippen molar-refractivity contribution >= 4 is 11.9 Å². The molecule has 0 saturated heterocycles. The summed E-state index contributed by atoms with van der Waals surface area (Å²) in [6.45, 7) is 4.91. The monoisotopic (exact) mass is 1010 g/mol. The summed E-state index contributed by atoms with van der Waals surface area (Å²) in [6.07, 6.45) is 77.7. The SMILES string of the molecule is CCCCCCCCCCCCC/C=C/C(O)C(CO)NC(=O)CCCCCCCCCCCCC/C=C\C/C=C\CCCCCCCCCCCOC(=O)CCCCCCCCCCCCCCCCC. The number of aliphatic hydroxyl groups excluding tert-OH is 2. The molecule has 0 heterocycles. The van der Waals surface area contributed by atoms with Gasteiger partial charge in [0.1, 0.15) is 0 Å². The van der Waals surface area contributed by atoms with E-state index in [0.717, 1.165) is 44.9 Å². The highest BCUT2D eigenvalue weighted by Gasteiger charge is 2.18. The minimum absolute atomic E-state index is 0.0132. The first-order chi connectivity index (χ1) is 35.5. The molecular formula is C66H125NO5. The average Bonchev–Trinajstić information content (AvgIpc) is 3.38. The zero-order valence-electron chi connectivity index (χ0n) is 48.4. The molecule has 0 saturated carbocycles. The molecule has 0 rings (SSSR count). The molecule has 6 nitrogen and oxygen atoms in total. The largest absolute Gasteiger partial charge is 0.466 e. The van der Waals surface area contributed by atoms with E-state index in [1.165, 1.54) is 276 Å². The second kappa shape index (κ2) is 61.6. The van der Waals surface area contributed by atoms with Crippen molar-refractivity contribution in [1.82, 2.24) is 5.32 Å². The number of hydrogen-bond donors (Lipinski definition) is 3. The van der Waals surface area contributed by atoms with E-state index in [9.17, 15) is 19.8 Å². The molecule has 1 amide bonds. The Morgan fingerprint density at radius 1 is 0.389 bits per heavy atom. The quantitative estimate of drug-likeness (QED) is 0.0320. The first-order valence-electron chi connectivity index (χ1n) is 32.3. The Kier molecular flexibility index (Phi) is 60.0. The first-order valence-corrected chi connectivity index (χ1v) is 32.3. The standard InChI is InChI=1S/C66H125NO5/c1-3-5-7-9-11-13-15-17-31-36-40-44-48-52-56-60-66(71)72-61-57-53-49-45-41-37-33-30-28-26-24-22-20-18-19-21-23-25-27-29-32-35-39-43-47-51-55-59-65(70)67-63(62-68)64(69)58-54-50-46-42-38-34-16-14-12-10-8-6-4-2/h18-19,22,24,54,58,63-64,68-69H,3-17,20-21,23,25-53,55-57,59-62H2,1-2H3,(H,67,70)/b19-18-,24-22-,58-54+. The molecule has 2 unspecified atom stereocenters. The summed E-state index contributed by atoms with van der Waals surface area (Å²) >= 11 is 0. The number of amides is 1. The van der Waals surface area contributed by atoms with Crippen LogP contribution in [0.4, 0.5) is 0 Å². The predicted octanol–water partition coefficient (Wildman–Crippen LogP) is 20.4. The Balaban J connectivity index is 3.42. The van der Waals surface area contributed by atoms with Crippen LogP contribution < -0.4 is 5.32 Å². The van der Waals surface area contributed by atoms with Crippen LogP contribution in [0.1, 0.15) is 348 Å². The van der Waals surface area contributed by atoms with E-state index >= 15 is 0 Å². The van der Waals surface area contributed by atoms with Crippen molar-refractivity contribution in [3.8, 4) is 0 Å². The van der Waals surface area contributed by atoms with Crippen LogP contribution in [0.15, 0.2) is 36.5 Å². The third-order valence-electron chi connectivity index (χ3n) is 14.9. The zero-order valence-corrected chi connectivity index (χ0v) is 48.4. The van der Waals surface area contributed by atoms with Crippen LogP contribution in [-0.4, -0.2) is 47.4 Å². The van der Waals surface area contributed by atoms with Crippen molar-refractivity contribution in [2.75, 3.05) is 13.2 Å². The third kappa shape index (κ3) is 57.4. The highest BCUT2D eigenvalue weighted by molar-refractivity contribution is 5.76. The van der Waals surface area contributed by atoms with Gasteiger partial charge in [0.05, 0.1) is 25.4 Å². The van der Waals surface area contributed by atoms with Crippen LogP contribution in [-0.2, 0) is 14.3 Å². The number of nitrogens with one attached hydrogen (secondary N) is 1. The molecule has 0 radical (unpaired) electrons. The Morgan fingerprint density at radius 3 is 1.06 bits per heavy atom. The summed E-state index contributed by atoms with van der Waals surface area (Å²) in [4.78, 5) is 24.5. The fourth-order valence-corrected chi connectivity index (χ4v) is 9.96. The summed E-state index contributed by atoms with van der Waals surface area (Å²) in [6, 6.07) is -0.630. The smallest absolute Gasteiger partial charge is 0.305 e. The van der Waals surface area contributed by atoms with Gasteiger partial charge >= 0.3 is 5.97 Å². The molecule has 0 aliphatic rings. The van der Waals surface area contributed by atoms with Gasteiger partial charge in [-0.1, -0.05) is 307 Å². The van der Waals surface area contributed by atoms with Crippen LogP contribution in [0.3, 0.4) is 0 Å². The summed E-state index contributed by atoms with van der Waals surface area (Å²) in [5.41, 5.74) is 0. The molecule has 0 aromatic rings. The molecule has 0 aromatic heterocycles. The summed E-state index contributed by atoms with van der Waals surface area (Å²) in [5, 5.41) is 23.1. The summed E-state index contributed by atoms with van der Waals surface area (Å²) in [7, 11) is 0. The number of unbranched alkanes of at least 4 members (excludes halogenated alkanes) is 45. The van der Waals surface area contributed by atoms with Gasteiger partial charge in [-0.3, -0.25) is 9.59 Å². The number of rotatable bonds is 60. The van der Waals surface area contributed by atoms with E-state index in [0.29, 0.717) is 19.4 Å². The Labute approximate surface area is 449 Å². The number of aliphatic hydroxyl groups is 2. The molecule has 0 bridgehead atoms. The third-order valence-corrected chi connectivity index (χ3v) is 14.9. The lowest BCUT2D eigenvalue weighted by Crippen LogP contribution is -2.45. The maximum absolute atomic E-state index is 12.4. The minimum Gasteiger partial charge on any atom is -0.466 e. The molecule has 0 aromatic carbocycles. The number of esters is 1. The van der Waals surface area contributed by atoms with Gasteiger partial charge in [-0.05, 0) is 64.2 Å². The van der Waals surface area contributed by atoms with Gasteiger partial charge in [0.25, 0.3) is 0 Å². The minimum atomic E-state index is -0.846. The Hall–Kier alpha value is -1.92. The highest BCUT2D eigenvalue weighted by Crippen LogP contribution is 2.17. The van der Waals surface area contributed by atoms with Gasteiger partial charge in [0.15, 0.2) is 0 Å². The fraction of sp³-hybridized carbons (Fsp3) is 0.879. The molecule has 72 heavy (non-hydrogen) atoms. The van der Waals surface area contributed by atoms with Crippen molar-refractivity contribution in [1.29, 1.82) is 0 Å². The van der Waals surface area contributed by atoms with Crippen molar-refractivity contribution in [3.63, 3.8) is 0 Å². The number of carbonyl (C=O) groups excluding carboxylic acids is 2. The van der Waals surface area contributed by atoms with Crippen LogP contribution in [0.5, 0.6) is 0 Å². The predicted molar refractivity (Wildman–Crippen MR) is 315 cm³/mol. The zero-order chi connectivity index (χ0) is 52.2. The molecular weight excluding hydrogens is 887 g/mol. The maximum atomic E-state index is 12.4. The van der Waals surface area contributed by atoms with Gasteiger partial charge in [0, 0.05) is 12.8 Å². The van der Waals surface area contributed by atoms with Crippen molar-refractivity contribution in [2.45, 2.75) is 360 Å². The molecule has 0 spiro atoms. The van der Waals surface area contributed by atoms with Crippen molar-refractivity contribution < 1.29 is 24.5 Å². The fourth-order valence-electron chi connectivity index (χ4n) is 9.96. The lowest BCUT2D eigenvalue weighted by Gasteiger charge is -2.20. The highest BCUT2D eigenvalue weighted by atomic mass is 16.5. The van der Waals surface area contributed by atoms with Crippen molar-refractivity contribution in [3.05, 3.63) is 36.5 Å². The summed E-state index contributed by atoms with van der Waals surface area (Å²) < 4.78 is 5.49. The second-order valence-corrected chi connectivity index (χ2v) is 22.1. The molecule has 424 valence electrons. The van der Waals surface area contributed by atoms with Crippen LogP contribution in [0.2, 0.25) is 0 Å². The van der Waals surface area contributed by atoms with E-state index in [1.807, 2.05) is 6.08 Å². The van der Waals surface area contributed by atoms with E-state index in [2.05, 4.69) is 43.5 Å². The van der Waals surface area contributed by atoms with Crippen molar-refractivity contribution in [2.24, 2.45) is 0 Å². The van der Waals surface area contributed by atoms with Gasteiger partial charge in [-0.25, -0.2) is 0 Å². The van der Waals surface area contributed by atoms with E-state index in [-0.39, 0.29) is 18.5 Å². The van der Waals surface area contributed by atoms with E-state index in [1.54, 1.807) is 6.08 Å². The number of allylic oxidation sites excluding steroid dienone is 5. The summed E-state index contributed by atoms with van der Waals surface area (Å²) in [5.74, 6) is -0.0574. The molecule has 0 aliphatic carbocycles. The van der Waals surface area contributed by atoms with Crippen LogP contribution in [0.25, 0.3) is 0 Å². The Morgan fingerprint density at radius 2 is 0.694 bits per heavy atom. The number of hydrogen-bond acceptors (Lipinski definition) is 5. The molecule has 3 N–H and O–H groups in total. The molecule has 6 heteroatoms. The van der Waals surface area contributed by atoms with Gasteiger partial charge in [-0.2, -0.15) is 0 Å². The maximum Gasteiger partial charge on any atom is 0.305 e. The van der Waals surface area contributed by atoms with E-state index < -0.39 is 12.1 Å².